The molecule has 1 saturated carbocycles. The average Bonchev–Trinajstić information content (AvgIpc) is 3.21. The Morgan fingerprint density at radius 1 is 1.07 bits per heavy atom. The minimum absolute atomic E-state index is 0.0275. The summed E-state index contributed by atoms with van der Waals surface area (Å²) in [6.07, 6.45) is 8.70. The Balaban J connectivity index is 1.31. The molecular formula is C21H21FN6O. The molecule has 2 bridgehead atoms. The van der Waals surface area contributed by atoms with Gasteiger partial charge in [0, 0.05) is 48.7 Å². The van der Waals surface area contributed by atoms with Gasteiger partial charge in [0.2, 0.25) is 5.91 Å². The summed E-state index contributed by atoms with van der Waals surface area (Å²) in [4.78, 5) is 17.0. The number of anilines is 1. The molecule has 3 aromatic heterocycles. The fraction of sp³-hybridized carbons (Fsp3) is 0.429. The normalized spacial score (nSPS) is 28.2. The number of aromatic nitrogens is 4. The predicted molar refractivity (Wildman–Crippen MR) is 105 cm³/mol. The number of nitrogens with zero attached hydrogens (tertiary/aromatic N) is 6. The van der Waals surface area contributed by atoms with E-state index in [9.17, 15) is 9.18 Å². The van der Waals surface area contributed by atoms with Crippen LogP contribution in [-0.4, -0.2) is 62.0 Å². The molecule has 5 heterocycles. The fourth-order valence-corrected chi connectivity index (χ4v) is 4.96. The van der Waals surface area contributed by atoms with Crippen molar-refractivity contribution in [1.29, 1.82) is 0 Å². The SMILES string of the molecule is O=C([C@@H]1C[C@H]1F)N1C2CCC1CN(c1ccnn3cc(-c4ccnnc4)cc13)C2. The lowest BCUT2D eigenvalue weighted by Gasteiger charge is -2.42. The van der Waals surface area contributed by atoms with Gasteiger partial charge in [-0.1, -0.05) is 0 Å². The van der Waals surface area contributed by atoms with Crippen molar-refractivity contribution in [2.75, 3.05) is 18.0 Å². The maximum absolute atomic E-state index is 13.4. The maximum atomic E-state index is 13.4. The molecule has 0 N–H and O–H groups in total. The Morgan fingerprint density at radius 2 is 1.86 bits per heavy atom. The van der Waals surface area contributed by atoms with Gasteiger partial charge in [0.25, 0.3) is 0 Å². The van der Waals surface area contributed by atoms with Crippen LogP contribution in [0.4, 0.5) is 10.1 Å². The second kappa shape index (κ2) is 6.23. The summed E-state index contributed by atoms with van der Waals surface area (Å²) in [6, 6.07) is 6.43. The molecule has 1 amide bonds. The fourth-order valence-electron chi connectivity index (χ4n) is 4.96. The quantitative estimate of drug-likeness (QED) is 0.684. The van der Waals surface area contributed by atoms with E-state index < -0.39 is 6.17 Å². The highest BCUT2D eigenvalue weighted by Crippen LogP contribution is 2.41. The highest BCUT2D eigenvalue weighted by Gasteiger charge is 2.51. The molecule has 3 aliphatic rings. The Morgan fingerprint density at radius 3 is 2.55 bits per heavy atom. The molecular weight excluding hydrogens is 371 g/mol. The zero-order valence-corrected chi connectivity index (χ0v) is 15.9. The summed E-state index contributed by atoms with van der Waals surface area (Å²) in [5, 5.41) is 12.3. The van der Waals surface area contributed by atoms with E-state index in [1.54, 1.807) is 12.4 Å². The lowest BCUT2D eigenvalue weighted by atomic mass is 10.1. The molecule has 0 radical (unpaired) electrons. The van der Waals surface area contributed by atoms with Gasteiger partial charge in [0.1, 0.15) is 6.17 Å². The molecule has 2 saturated heterocycles. The van der Waals surface area contributed by atoms with Crippen LogP contribution in [0.5, 0.6) is 0 Å². The van der Waals surface area contributed by atoms with Crippen LogP contribution in [0.3, 0.4) is 0 Å². The number of halogens is 1. The first kappa shape index (κ1) is 16.9. The van der Waals surface area contributed by atoms with Gasteiger partial charge in [-0.05, 0) is 37.5 Å². The van der Waals surface area contributed by atoms with Crippen LogP contribution in [-0.2, 0) is 4.79 Å². The summed E-state index contributed by atoms with van der Waals surface area (Å²) in [6.45, 7) is 1.56. The number of carbonyl (C=O) groups is 1. The van der Waals surface area contributed by atoms with Crippen molar-refractivity contribution in [2.45, 2.75) is 37.5 Å². The third-order valence-electron chi connectivity index (χ3n) is 6.51. The minimum Gasteiger partial charge on any atom is -0.366 e. The molecule has 0 aromatic carbocycles. The van der Waals surface area contributed by atoms with E-state index in [0.29, 0.717) is 6.42 Å². The second-order valence-electron chi connectivity index (χ2n) is 8.30. The molecule has 148 valence electrons. The van der Waals surface area contributed by atoms with Gasteiger partial charge in [-0.15, -0.1) is 0 Å². The van der Waals surface area contributed by atoms with Gasteiger partial charge in [-0.25, -0.2) is 8.91 Å². The van der Waals surface area contributed by atoms with E-state index in [1.165, 1.54) is 0 Å². The van der Waals surface area contributed by atoms with Gasteiger partial charge in [0.05, 0.1) is 29.5 Å². The van der Waals surface area contributed by atoms with E-state index in [-0.39, 0.29) is 23.9 Å². The smallest absolute Gasteiger partial charge is 0.229 e. The second-order valence-corrected chi connectivity index (χ2v) is 8.30. The van der Waals surface area contributed by atoms with Crippen LogP contribution < -0.4 is 4.90 Å². The number of hydrogen-bond donors (Lipinski definition) is 0. The summed E-state index contributed by atoms with van der Waals surface area (Å²) in [5.74, 6) is -0.362. The van der Waals surface area contributed by atoms with Crippen molar-refractivity contribution in [1.82, 2.24) is 24.7 Å². The molecule has 0 spiro atoms. The summed E-state index contributed by atoms with van der Waals surface area (Å²) >= 11 is 0. The number of hydrogen-bond acceptors (Lipinski definition) is 5. The Kier molecular flexibility index (Phi) is 3.63. The third kappa shape index (κ3) is 2.69. The van der Waals surface area contributed by atoms with Crippen molar-refractivity contribution >= 4 is 17.1 Å². The van der Waals surface area contributed by atoms with Crippen LogP contribution in [0.1, 0.15) is 19.3 Å². The van der Waals surface area contributed by atoms with Gasteiger partial charge in [-0.2, -0.15) is 15.3 Å². The first-order valence-electron chi connectivity index (χ1n) is 10.1. The molecule has 3 aromatic rings. The predicted octanol–water partition coefficient (Wildman–Crippen LogP) is 2.33. The van der Waals surface area contributed by atoms with Crippen molar-refractivity contribution in [3.05, 3.63) is 43.0 Å². The summed E-state index contributed by atoms with van der Waals surface area (Å²) in [7, 11) is 0. The number of rotatable bonds is 3. The zero-order chi connectivity index (χ0) is 19.5. The van der Waals surface area contributed by atoms with Crippen molar-refractivity contribution in [3.8, 4) is 11.1 Å². The lowest BCUT2D eigenvalue weighted by Crippen LogP contribution is -2.56. The van der Waals surface area contributed by atoms with Crippen LogP contribution in [0.15, 0.2) is 43.0 Å². The molecule has 2 unspecified atom stereocenters. The molecule has 29 heavy (non-hydrogen) atoms. The Bertz CT molecular complexity index is 1070. The number of carbonyl (C=O) groups excluding carboxylic acids is 1. The molecule has 7 nitrogen and oxygen atoms in total. The first-order valence-corrected chi connectivity index (χ1v) is 10.1. The first-order chi connectivity index (χ1) is 14.2. The largest absolute Gasteiger partial charge is 0.366 e. The number of fused-ring (bicyclic) bond motifs is 3. The van der Waals surface area contributed by atoms with Gasteiger partial charge in [-0.3, -0.25) is 4.79 Å². The van der Waals surface area contributed by atoms with Crippen LogP contribution >= 0.6 is 0 Å². The van der Waals surface area contributed by atoms with E-state index in [2.05, 4.69) is 26.3 Å². The van der Waals surface area contributed by atoms with E-state index in [0.717, 1.165) is 48.3 Å². The zero-order valence-electron chi connectivity index (χ0n) is 15.9. The van der Waals surface area contributed by atoms with Crippen molar-refractivity contribution in [2.24, 2.45) is 5.92 Å². The summed E-state index contributed by atoms with van der Waals surface area (Å²) < 4.78 is 15.3. The van der Waals surface area contributed by atoms with E-state index >= 15 is 0 Å². The number of alkyl halides is 1. The van der Waals surface area contributed by atoms with Crippen LogP contribution in [0, 0.1) is 5.92 Å². The molecule has 4 atom stereocenters. The van der Waals surface area contributed by atoms with Gasteiger partial charge >= 0.3 is 0 Å². The highest BCUT2D eigenvalue weighted by molar-refractivity contribution is 5.84. The van der Waals surface area contributed by atoms with Crippen LogP contribution in [0.25, 0.3) is 16.6 Å². The molecule has 6 rings (SSSR count). The Labute approximate surface area is 167 Å². The minimum atomic E-state index is -0.929. The van der Waals surface area contributed by atoms with E-state index in [1.807, 2.05) is 33.9 Å². The van der Waals surface area contributed by atoms with Crippen LogP contribution in [0.2, 0.25) is 0 Å². The average molecular weight is 392 g/mol. The van der Waals surface area contributed by atoms with Gasteiger partial charge < -0.3 is 9.80 Å². The third-order valence-corrected chi connectivity index (χ3v) is 6.51. The number of piperazine rings is 1. The number of amides is 1. The highest BCUT2D eigenvalue weighted by atomic mass is 19.1. The molecule has 3 fully saturated rings. The van der Waals surface area contributed by atoms with E-state index in [4.69, 9.17) is 0 Å². The Hall–Kier alpha value is -3.03. The van der Waals surface area contributed by atoms with Crippen molar-refractivity contribution in [3.63, 3.8) is 0 Å². The van der Waals surface area contributed by atoms with Crippen molar-refractivity contribution < 1.29 is 9.18 Å². The van der Waals surface area contributed by atoms with Gasteiger partial charge in [0.15, 0.2) is 0 Å². The molecule has 1 aliphatic carbocycles. The lowest BCUT2D eigenvalue weighted by molar-refractivity contribution is -0.136. The molecule has 8 heteroatoms. The summed E-state index contributed by atoms with van der Waals surface area (Å²) in [5.41, 5.74) is 4.19. The monoisotopic (exact) mass is 392 g/mol. The maximum Gasteiger partial charge on any atom is 0.229 e. The standard InChI is InChI=1S/C21H21FN6O/c22-18-8-17(18)21(29)28-15-1-2-16(28)12-26(11-15)19-4-6-25-27-10-14(7-20(19)27)13-3-5-23-24-9-13/h3-7,9-10,15-18H,1-2,8,11-12H2/t15?,16?,17-,18-/m1/s1. The molecule has 2 aliphatic heterocycles. The topological polar surface area (TPSA) is 66.6 Å².